The van der Waals surface area contributed by atoms with E-state index in [1.54, 1.807) is 13.8 Å². The van der Waals surface area contributed by atoms with Gasteiger partial charge in [-0.05, 0) is 26.0 Å². The molecule has 8 heteroatoms. The van der Waals surface area contributed by atoms with Crippen LogP contribution in [0.2, 0.25) is 0 Å². The van der Waals surface area contributed by atoms with Gasteiger partial charge in [0.15, 0.2) is 0 Å². The maximum Gasteiger partial charge on any atom is 0.296 e. The van der Waals surface area contributed by atoms with Crippen molar-refractivity contribution in [2.75, 3.05) is 12.4 Å². The van der Waals surface area contributed by atoms with Crippen LogP contribution in [0.1, 0.15) is 21.7 Å². The number of aryl methyl sites for hydroxylation is 2. The molecule has 0 saturated carbocycles. The second kappa shape index (κ2) is 5.61. The number of benzene rings is 1. The fraction of sp³-hybridized carbons (Fsp3) is 0.231. The number of ether oxygens (including phenoxy) is 1. The first-order valence-electron chi connectivity index (χ1n) is 6.09. The molecule has 0 atom stereocenters. The zero-order chi connectivity index (χ0) is 15.6. The Balaban J connectivity index is 2.35. The number of H-pyrrole nitrogens is 1. The van der Waals surface area contributed by atoms with Crippen molar-refractivity contribution in [1.29, 1.82) is 0 Å². The summed E-state index contributed by atoms with van der Waals surface area (Å²) in [6.07, 6.45) is 0. The van der Waals surface area contributed by atoms with Gasteiger partial charge >= 0.3 is 0 Å². The van der Waals surface area contributed by atoms with Gasteiger partial charge in [0.2, 0.25) is 0 Å². The lowest BCUT2D eigenvalue weighted by Gasteiger charge is -2.07. The molecule has 2 N–H and O–H groups in total. The zero-order valence-electron chi connectivity index (χ0n) is 11.8. The first-order valence-corrected chi connectivity index (χ1v) is 6.09. The fourth-order valence-corrected chi connectivity index (χ4v) is 1.97. The number of aromatic amines is 1. The summed E-state index contributed by atoms with van der Waals surface area (Å²) in [6.45, 7) is 3.39. The molecule has 0 radical (unpaired) electrons. The van der Waals surface area contributed by atoms with Crippen LogP contribution in [-0.4, -0.2) is 28.1 Å². The standard InChI is InChI=1S/C13H14N4O4/c1-7-12(8(2)16-15-7)13(18)14-10-5-4-9(21-3)6-11(10)17(19)20/h4-6H,1-3H3,(H,14,18)(H,15,16). The fourth-order valence-electron chi connectivity index (χ4n) is 1.97. The lowest BCUT2D eigenvalue weighted by Crippen LogP contribution is -2.14. The van der Waals surface area contributed by atoms with Crippen molar-refractivity contribution >= 4 is 17.3 Å². The molecule has 0 fully saturated rings. The third kappa shape index (κ3) is 2.83. The second-order valence-electron chi connectivity index (χ2n) is 4.40. The highest BCUT2D eigenvalue weighted by Gasteiger charge is 2.21. The number of carbonyl (C=O) groups is 1. The molecular weight excluding hydrogens is 276 g/mol. The van der Waals surface area contributed by atoms with E-state index in [9.17, 15) is 14.9 Å². The Labute approximate surface area is 120 Å². The number of nitrogens with one attached hydrogen (secondary N) is 2. The van der Waals surface area contributed by atoms with Gasteiger partial charge < -0.3 is 10.1 Å². The average Bonchev–Trinajstić information content (AvgIpc) is 2.78. The summed E-state index contributed by atoms with van der Waals surface area (Å²) in [6, 6.07) is 4.22. The summed E-state index contributed by atoms with van der Waals surface area (Å²) in [7, 11) is 1.41. The monoisotopic (exact) mass is 290 g/mol. The van der Waals surface area contributed by atoms with E-state index in [-0.39, 0.29) is 11.4 Å². The summed E-state index contributed by atoms with van der Waals surface area (Å²) in [5.74, 6) is -0.109. The molecule has 1 heterocycles. The molecule has 0 bridgehead atoms. The molecule has 0 aliphatic rings. The van der Waals surface area contributed by atoms with Gasteiger partial charge in [0, 0.05) is 5.69 Å². The van der Waals surface area contributed by atoms with Gasteiger partial charge in [-0.1, -0.05) is 0 Å². The summed E-state index contributed by atoms with van der Waals surface area (Å²) in [5, 5.41) is 20.2. The van der Waals surface area contributed by atoms with Gasteiger partial charge in [-0.2, -0.15) is 5.10 Å². The molecule has 1 amide bonds. The molecule has 2 aromatic rings. The van der Waals surface area contributed by atoms with Gasteiger partial charge in [-0.15, -0.1) is 0 Å². The minimum atomic E-state index is -0.576. The number of hydrogen-bond donors (Lipinski definition) is 2. The number of aromatic nitrogens is 2. The van der Waals surface area contributed by atoms with Crippen molar-refractivity contribution < 1.29 is 14.5 Å². The van der Waals surface area contributed by atoms with E-state index in [4.69, 9.17) is 4.74 Å². The SMILES string of the molecule is COc1ccc(NC(=O)c2c(C)n[nH]c2C)c([N+](=O)[O-])c1. The van der Waals surface area contributed by atoms with Crippen LogP contribution >= 0.6 is 0 Å². The summed E-state index contributed by atoms with van der Waals surface area (Å²) in [4.78, 5) is 22.7. The number of amides is 1. The number of rotatable bonds is 4. The van der Waals surface area contributed by atoms with Crippen molar-refractivity contribution in [2.45, 2.75) is 13.8 Å². The number of methoxy groups -OCH3 is 1. The lowest BCUT2D eigenvalue weighted by atomic mass is 10.1. The first-order chi connectivity index (χ1) is 9.93. The van der Waals surface area contributed by atoms with Crippen LogP contribution in [-0.2, 0) is 0 Å². The van der Waals surface area contributed by atoms with Gasteiger partial charge in [0.1, 0.15) is 11.4 Å². The number of nitro benzene ring substituents is 1. The predicted molar refractivity (Wildman–Crippen MR) is 75.7 cm³/mol. The van der Waals surface area contributed by atoms with Crippen LogP contribution in [0.5, 0.6) is 5.75 Å². The maximum absolute atomic E-state index is 12.2. The van der Waals surface area contributed by atoms with Gasteiger partial charge in [0.05, 0.1) is 29.4 Å². The largest absolute Gasteiger partial charge is 0.496 e. The zero-order valence-corrected chi connectivity index (χ0v) is 11.8. The average molecular weight is 290 g/mol. The third-order valence-electron chi connectivity index (χ3n) is 3.00. The van der Waals surface area contributed by atoms with E-state index in [0.29, 0.717) is 22.7 Å². The summed E-state index contributed by atoms with van der Waals surface area (Å²) >= 11 is 0. The van der Waals surface area contributed by atoms with E-state index in [1.165, 1.54) is 25.3 Å². The van der Waals surface area contributed by atoms with Crippen LogP contribution in [0, 0.1) is 24.0 Å². The number of carbonyl (C=O) groups excluding carboxylic acids is 1. The Morgan fingerprint density at radius 3 is 2.67 bits per heavy atom. The Kier molecular flexibility index (Phi) is 3.88. The van der Waals surface area contributed by atoms with Crippen LogP contribution in [0.25, 0.3) is 0 Å². The van der Waals surface area contributed by atoms with Gasteiger partial charge in [0.25, 0.3) is 11.6 Å². The minimum absolute atomic E-state index is 0.103. The molecule has 0 spiro atoms. The van der Waals surface area contributed by atoms with Crippen molar-refractivity contribution in [2.24, 2.45) is 0 Å². The maximum atomic E-state index is 12.2. The Morgan fingerprint density at radius 2 is 2.14 bits per heavy atom. The van der Waals surface area contributed by atoms with E-state index in [0.717, 1.165) is 0 Å². The molecular formula is C13H14N4O4. The van der Waals surface area contributed by atoms with Crippen LogP contribution in [0.3, 0.4) is 0 Å². The molecule has 1 aromatic heterocycles. The van der Waals surface area contributed by atoms with Gasteiger partial charge in [-0.3, -0.25) is 20.0 Å². The first kappa shape index (κ1) is 14.5. The van der Waals surface area contributed by atoms with E-state index >= 15 is 0 Å². The van der Waals surface area contributed by atoms with E-state index < -0.39 is 10.8 Å². The molecule has 21 heavy (non-hydrogen) atoms. The number of hydrogen-bond acceptors (Lipinski definition) is 5. The highest BCUT2D eigenvalue weighted by Crippen LogP contribution is 2.29. The second-order valence-corrected chi connectivity index (χ2v) is 4.40. The topological polar surface area (TPSA) is 110 Å². The molecule has 8 nitrogen and oxygen atoms in total. The highest BCUT2D eigenvalue weighted by atomic mass is 16.6. The summed E-state index contributed by atoms with van der Waals surface area (Å²) in [5.41, 5.74) is 1.37. The number of anilines is 1. The van der Waals surface area contributed by atoms with Crippen LogP contribution in [0.4, 0.5) is 11.4 Å². The quantitative estimate of drug-likeness (QED) is 0.662. The van der Waals surface area contributed by atoms with Crippen LogP contribution in [0.15, 0.2) is 18.2 Å². The highest BCUT2D eigenvalue weighted by molar-refractivity contribution is 6.06. The smallest absolute Gasteiger partial charge is 0.296 e. The summed E-state index contributed by atoms with van der Waals surface area (Å²) < 4.78 is 4.94. The molecule has 0 aliphatic carbocycles. The normalized spacial score (nSPS) is 10.2. The number of nitro groups is 1. The van der Waals surface area contributed by atoms with Crippen LogP contribution < -0.4 is 10.1 Å². The molecule has 0 saturated heterocycles. The molecule has 1 aromatic carbocycles. The predicted octanol–water partition coefficient (Wildman–Crippen LogP) is 2.20. The molecule has 0 unspecified atom stereocenters. The van der Waals surface area contributed by atoms with E-state index in [2.05, 4.69) is 15.5 Å². The van der Waals surface area contributed by atoms with Crippen molar-refractivity contribution in [3.05, 3.63) is 45.3 Å². The van der Waals surface area contributed by atoms with Crippen molar-refractivity contribution in [1.82, 2.24) is 10.2 Å². The van der Waals surface area contributed by atoms with Crippen molar-refractivity contribution in [3.63, 3.8) is 0 Å². The minimum Gasteiger partial charge on any atom is -0.496 e. The van der Waals surface area contributed by atoms with Gasteiger partial charge in [-0.25, -0.2) is 0 Å². The Hall–Kier alpha value is -2.90. The third-order valence-corrected chi connectivity index (χ3v) is 3.00. The molecule has 0 aliphatic heterocycles. The molecule has 2 rings (SSSR count). The Bertz CT molecular complexity index is 689. The Morgan fingerprint density at radius 1 is 1.43 bits per heavy atom. The number of nitrogens with zero attached hydrogens (tertiary/aromatic N) is 2. The lowest BCUT2D eigenvalue weighted by molar-refractivity contribution is -0.384. The molecule has 110 valence electrons. The van der Waals surface area contributed by atoms with Crippen molar-refractivity contribution in [3.8, 4) is 5.75 Å². The van der Waals surface area contributed by atoms with E-state index in [1.807, 2.05) is 0 Å².